The lowest BCUT2D eigenvalue weighted by atomic mass is 10.3. The number of esters is 1. The zero-order valence-electron chi connectivity index (χ0n) is 11.3. The van der Waals surface area contributed by atoms with Gasteiger partial charge in [0.15, 0.2) is 6.61 Å². The molecule has 1 rings (SSSR count). The second kappa shape index (κ2) is 8.97. The molecule has 0 aliphatic rings. The van der Waals surface area contributed by atoms with E-state index in [1.807, 2.05) is 0 Å². The predicted molar refractivity (Wildman–Crippen MR) is 81.2 cm³/mol. The summed E-state index contributed by atoms with van der Waals surface area (Å²) in [6.45, 7) is 1.95. The van der Waals surface area contributed by atoms with E-state index in [9.17, 15) is 9.59 Å². The van der Waals surface area contributed by atoms with E-state index < -0.39 is 0 Å². The van der Waals surface area contributed by atoms with Crippen molar-refractivity contribution in [1.29, 1.82) is 0 Å². The van der Waals surface area contributed by atoms with Crippen molar-refractivity contribution < 1.29 is 19.1 Å². The zero-order valence-corrected chi connectivity index (χ0v) is 13.5. The summed E-state index contributed by atoms with van der Waals surface area (Å²) in [6, 6.07) is 2.86. The molecule has 0 saturated heterocycles. The van der Waals surface area contributed by atoms with Crippen molar-refractivity contribution in [3.8, 4) is 5.75 Å². The van der Waals surface area contributed by atoms with Crippen LogP contribution in [0.3, 0.4) is 0 Å². The molecule has 116 valence electrons. The van der Waals surface area contributed by atoms with Gasteiger partial charge in [0.05, 0.1) is 28.1 Å². The third-order valence-corrected chi connectivity index (χ3v) is 3.31. The average molecular weight is 355 g/mol. The summed E-state index contributed by atoms with van der Waals surface area (Å²) >= 11 is 17.5. The predicted octanol–water partition coefficient (Wildman–Crippen LogP) is 3.10. The highest BCUT2D eigenvalue weighted by molar-refractivity contribution is 6.43. The fraction of sp³-hybridized carbons (Fsp3) is 0.385. The van der Waals surface area contributed by atoms with E-state index in [0.29, 0.717) is 11.6 Å². The van der Waals surface area contributed by atoms with Crippen molar-refractivity contribution in [2.75, 3.05) is 19.8 Å². The maximum atomic E-state index is 11.5. The Morgan fingerprint density at radius 1 is 1.14 bits per heavy atom. The van der Waals surface area contributed by atoms with Gasteiger partial charge in [-0.2, -0.15) is 0 Å². The van der Waals surface area contributed by atoms with Crippen molar-refractivity contribution >= 4 is 46.7 Å². The molecule has 0 heterocycles. The van der Waals surface area contributed by atoms with E-state index in [-0.39, 0.29) is 47.2 Å². The minimum atomic E-state index is -0.388. The van der Waals surface area contributed by atoms with E-state index in [1.54, 1.807) is 6.92 Å². The van der Waals surface area contributed by atoms with Crippen molar-refractivity contribution in [1.82, 2.24) is 5.32 Å². The summed E-state index contributed by atoms with van der Waals surface area (Å²) < 4.78 is 9.96. The van der Waals surface area contributed by atoms with Gasteiger partial charge in [0.1, 0.15) is 5.75 Å². The number of rotatable bonds is 7. The Bertz CT molecular complexity index is 522. The fourth-order valence-electron chi connectivity index (χ4n) is 1.35. The summed E-state index contributed by atoms with van der Waals surface area (Å²) in [5.41, 5.74) is 0. The summed E-state index contributed by atoms with van der Waals surface area (Å²) in [5, 5.41) is 3.35. The van der Waals surface area contributed by atoms with Gasteiger partial charge in [0, 0.05) is 12.6 Å². The van der Waals surface area contributed by atoms with Crippen LogP contribution in [0.25, 0.3) is 0 Å². The lowest BCUT2D eigenvalue weighted by Gasteiger charge is -2.09. The molecule has 0 spiro atoms. The number of halogens is 3. The molecule has 1 amide bonds. The van der Waals surface area contributed by atoms with Crippen LogP contribution in [0.2, 0.25) is 15.1 Å². The summed E-state index contributed by atoms with van der Waals surface area (Å²) in [6.07, 6.45) is 0.104. The third kappa shape index (κ3) is 6.42. The second-order valence-corrected chi connectivity index (χ2v) is 5.11. The highest BCUT2D eigenvalue weighted by Crippen LogP contribution is 2.33. The molecule has 0 bridgehead atoms. The lowest BCUT2D eigenvalue weighted by Crippen LogP contribution is -2.31. The molecule has 1 aromatic carbocycles. The highest BCUT2D eigenvalue weighted by Gasteiger charge is 2.10. The van der Waals surface area contributed by atoms with Gasteiger partial charge in [-0.25, -0.2) is 0 Å². The molecule has 5 nitrogen and oxygen atoms in total. The van der Waals surface area contributed by atoms with E-state index in [4.69, 9.17) is 44.3 Å². The van der Waals surface area contributed by atoms with Crippen LogP contribution in [0, 0.1) is 0 Å². The van der Waals surface area contributed by atoms with E-state index >= 15 is 0 Å². The Morgan fingerprint density at radius 3 is 2.48 bits per heavy atom. The largest absolute Gasteiger partial charge is 0.482 e. The third-order valence-electron chi connectivity index (χ3n) is 2.29. The number of benzene rings is 1. The van der Waals surface area contributed by atoms with Gasteiger partial charge in [0.2, 0.25) is 0 Å². The molecule has 21 heavy (non-hydrogen) atoms. The standard InChI is InChI=1S/C13H14Cl3NO4/c1-2-20-13(19)3-4-17-12(18)7-21-11-6-9(15)8(14)5-10(11)16/h5-6H,2-4,7H2,1H3,(H,17,18). The van der Waals surface area contributed by atoms with Crippen LogP contribution in [0.1, 0.15) is 13.3 Å². The van der Waals surface area contributed by atoms with Crippen LogP contribution < -0.4 is 10.1 Å². The SMILES string of the molecule is CCOC(=O)CCNC(=O)COc1cc(Cl)c(Cl)cc1Cl. The number of hydrogen-bond acceptors (Lipinski definition) is 4. The molecule has 0 unspecified atom stereocenters. The minimum absolute atomic E-state index is 0.104. The van der Waals surface area contributed by atoms with Crippen LogP contribution in [0.4, 0.5) is 0 Å². The topological polar surface area (TPSA) is 64.6 Å². The Hall–Kier alpha value is -1.17. The molecule has 0 radical (unpaired) electrons. The normalized spacial score (nSPS) is 10.1. The maximum Gasteiger partial charge on any atom is 0.307 e. The number of nitrogens with one attached hydrogen (secondary N) is 1. The molecule has 0 saturated carbocycles. The van der Waals surface area contributed by atoms with Crippen LogP contribution in [0.15, 0.2) is 12.1 Å². The Morgan fingerprint density at radius 2 is 1.81 bits per heavy atom. The molecular weight excluding hydrogens is 341 g/mol. The first-order valence-corrected chi connectivity index (χ1v) is 7.27. The minimum Gasteiger partial charge on any atom is -0.482 e. The maximum absolute atomic E-state index is 11.5. The lowest BCUT2D eigenvalue weighted by molar-refractivity contribution is -0.143. The van der Waals surface area contributed by atoms with Gasteiger partial charge < -0.3 is 14.8 Å². The fourth-order valence-corrected chi connectivity index (χ4v) is 1.94. The molecule has 0 aliphatic carbocycles. The Labute approximate surface area is 137 Å². The van der Waals surface area contributed by atoms with Gasteiger partial charge in [0.25, 0.3) is 5.91 Å². The van der Waals surface area contributed by atoms with Crippen LogP contribution in [-0.2, 0) is 14.3 Å². The van der Waals surface area contributed by atoms with Crippen LogP contribution in [-0.4, -0.2) is 31.6 Å². The number of carbonyl (C=O) groups is 2. The number of carbonyl (C=O) groups excluding carboxylic acids is 2. The van der Waals surface area contributed by atoms with E-state index in [1.165, 1.54) is 12.1 Å². The number of hydrogen-bond donors (Lipinski definition) is 1. The quantitative estimate of drug-likeness (QED) is 0.603. The highest BCUT2D eigenvalue weighted by atomic mass is 35.5. The molecular formula is C13H14Cl3NO4. The molecule has 1 aromatic rings. The summed E-state index contributed by atoms with van der Waals surface area (Å²) in [4.78, 5) is 22.6. The summed E-state index contributed by atoms with van der Waals surface area (Å²) in [5.74, 6) is -0.501. The van der Waals surface area contributed by atoms with Gasteiger partial charge >= 0.3 is 5.97 Å². The Balaban J connectivity index is 2.36. The van der Waals surface area contributed by atoms with Gasteiger partial charge in [-0.3, -0.25) is 9.59 Å². The van der Waals surface area contributed by atoms with Crippen molar-refractivity contribution in [2.45, 2.75) is 13.3 Å². The van der Waals surface area contributed by atoms with Crippen molar-refractivity contribution in [3.63, 3.8) is 0 Å². The van der Waals surface area contributed by atoms with Crippen LogP contribution in [0.5, 0.6) is 5.75 Å². The number of ether oxygens (including phenoxy) is 2. The molecule has 0 aromatic heterocycles. The molecule has 0 atom stereocenters. The van der Waals surface area contributed by atoms with Gasteiger partial charge in [-0.05, 0) is 13.0 Å². The first kappa shape index (κ1) is 17.9. The monoisotopic (exact) mass is 353 g/mol. The average Bonchev–Trinajstić information content (AvgIpc) is 2.41. The molecule has 8 heteroatoms. The summed E-state index contributed by atoms with van der Waals surface area (Å²) in [7, 11) is 0. The van der Waals surface area contributed by atoms with E-state index in [0.717, 1.165) is 0 Å². The van der Waals surface area contributed by atoms with Crippen LogP contribution >= 0.6 is 34.8 Å². The zero-order chi connectivity index (χ0) is 15.8. The first-order chi connectivity index (χ1) is 9.93. The van der Waals surface area contributed by atoms with Gasteiger partial charge in [-0.1, -0.05) is 34.8 Å². The van der Waals surface area contributed by atoms with Crippen molar-refractivity contribution in [3.05, 3.63) is 27.2 Å². The number of amides is 1. The molecule has 1 N–H and O–H groups in total. The van der Waals surface area contributed by atoms with Crippen molar-refractivity contribution in [2.24, 2.45) is 0 Å². The van der Waals surface area contributed by atoms with Gasteiger partial charge in [-0.15, -0.1) is 0 Å². The Kier molecular flexibility index (Phi) is 7.64. The first-order valence-electron chi connectivity index (χ1n) is 6.13. The smallest absolute Gasteiger partial charge is 0.307 e. The molecule has 0 fully saturated rings. The molecule has 0 aliphatic heterocycles. The second-order valence-electron chi connectivity index (χ2n) is 3.89. The van der Waals surface area contributed by atoms with E-state index in [2.05, 4.69) is 5.32 Å².